The topological polar surface area (TPSA) is 101 Å². The van der Waals surface area contributed by atoms with E-state index in [9.17, 15) is 19.2 Å². The van der Waals surface area contributed by atoms with Crippen molar-refractivity contribution in [2.45, 2.75) is 52.4 Å². The zero-order valence-electron chi connectivity index (χ0n) is 12.1. The number of carboxylic acids is 1. The number of hydrogen-bond acceptors (Lipinski definition) is 4. The number of hydrogen-bond donors (Lipinski definition) is 2. The normalized spacial score (nSPS) is 11.7. The summed E-state index contributed by atoms with van der Waals surface area (Å²) in [5.41, 5.74) is 0. The summed E-state index contributed by atoms with van der Waals surface area (Å²) in [5, 5.41) is 11.6. The number of nitrogens with one attached hydrogen (secondary N) is 1. The van der Waals surface area contributed by atoms with Crippen molar-refractivity contribution in [1.82, 2.24) is 5.32 Å². The van der Waals surface area contributed by atoms with Crippen LogP contribution >= 0.6 is 0 Å². The summed E-state index contributed by atoms with van der Waals surface area (Å²) in [5.74, 6) is -2.47. The van der Waals surface area contributed by atoms with E-state index in [1.54, 1.807) is 0 Å². The van der Waals surface area contributed by atoms with Gasteiger partial charge in [-0.25, -0.2) is 0 Å². The molecule has 0 rings (SSSR count). The molecule has 0 aromatic heterocycles. The Kier molecular flexibility index (Phi) is 9.24. The summed E-state index contributed by atoms with van der Waals surface area (Å²) in [6.07, 6.45) is 1.15. The van der Waals surface area contributed by atoms with Crippen molar-refractivity contribution in [3.8, 4) is 0 Å². The van der Waals surface area contributed by atoms with Crippen molar-refractivity contribution in [1.29, 1.82) is 0 Å². The molecule has 6 nitrogen and oxygen atoms in total. The second-order valence-electron chi connectivity index (χ2n) is 4.87. The van der Waals surface area contributed by atoms with E-state index in [-0.39, 0.29) is 49.6 Å². The Morgan fingerprint density at radius 3 is 2.25 bits per heavy atom. The van der Waals surface area contributed by atoms with Gasteiger partial charge in [-0.05, 0) is 19.8 Å². The zero-order valence-corrected chi connectivity index (χ0v) is 12.1. The van der Waals surface area contributed by atoms with Gasteiger partial charge < -0.3 is 15.2 Å². The predicted octanol–water partition coefficient (Wildman–Crippen LogP) is 1.32. The minimum atomic E-state index is -1.07. The van der Waals surface area contributed by atoms with E-state index in [1.807, 2.05) is 6.92 Å². The van der Waals surface area contributed by atoms with Crippen molar-refractivity contribution in [2.24, 2.45) is 5.92 Å². The van der Waals surface area contributed by atoms with E-state index in [0.717, 1.165) is 6.42 Å². The Labute approximate surface area is 118 Å². The molecule has 0 heterocycles. The van der Waals surface area contributed by atoms with Gasteiger partial charge in [-0.1, -0.05) is 6.92 Å². The lowest BCUT2D eigenvalue weighted by Gasteiger charge is -2.10. The van der Waals surface area contributed by atoms with Crippen molar-refractivity contribution >= 4 is 23.4 Å². The van der Waals surface area contributed by atoms with Crippen molar-refractivity contribution < 1.29 is 24.3 Å². The Morgan fingerprint density at radius 2 is 1.75 bits per heavy atom. The van der Waals surface area contributed by atoms with Crippen molar-refractivity contribution in [3.63, 3.8) is 0 Å². The monoisotopic (exact) mass is 285 g/mol. The first-order chi connectivity index (χ1) is 9.36. The molecule has 0 aliphatic carbocycles. The molecule has 2 N–H and O–H groups in total. The number of carbonyl (C=O) groups is 4. The third kappa shape index (κ3) is 9.24. The maximum absolute atomic E-state index is 11.7. The summed E-state index contributed by atoms with van der Waals surface area (Å²) >= 11 is 0. The molecule has 1 amide bonds. The molecule has 0 radical (unpaired) electrons. The lowest BCUT2D eigenvalue weighted by molar-refractivity contribution is -0.144. The van der Waals surface area contributed by atoms with Gasteiger partial charge in [-0.2, -0.15) is 0 Å². The first-order valence-electron chi connectivity index (χ1n) is 6.87. The average molecular weight is 285 g/mol. The highest BCUT2D eigenvalue weighted by Gasteiger charge is 2.21. The van der Waals surface area contributed by atoms with Gasteiger partial charge in [0.1, 0.15) is 11.6 Å². The van der Waals surface area contributed by atoms with Crippen LogP contribution in [-0.4, -0.2) is 35.1 Å². The standard InChI is InChI=1S/C14H23NO5/c1-3-8-15-13(18)7-6-12(17)9-11(14(19)20)5-4-10(2)16/h11H,3-9H2,1-2H3,(H,15,18)(H,19,20)/t11-/m1/s1. The Hall–Kier alpha value is -1.72. The molecule has 0 bridgehead atoms. The summed E-state index contributed by atoms with van der Waals surface area (Å²) < 4.78 is 0. The van der Waals surface area contributed by atoms with Gasteiger partial charge in [0.15, 0.2) is 0 Å². The van der Waals surface area contributed by atoms with E-state index in [0.29, 0.717) is 6.54 Å². The molecule has 0 saturated heterocycles. The zero-order chi connectivity index (χ0) is 15.5. The van der Waals surface area contributed by atoms with Crippen LogP contribution in [0.25, 0.3) is 0 Å². The molecule has 0 saturated carbocycles. The lowest BCUT2D eigenvalue weighted by atomic mass is 9.94. The number of carboxylic acid groups (broad SMARTS) is 1. The average Bonchev–Trinajstić information content (AvgIpc) is 2.38. The van der Waals surface area contributed by atoms with Crippen LogP contribution in [0.2, 0.25) is 0 Å². The molecule has 0 fully saturated rings. The minimum Gasteiger partial charge on any atom is -0.481 e. The summed E-state index contributed by atoms with van der Waals surface area (Å²) in [6, 6.07) is 0. The number of Topliss-reactive ketones (excluding diaryl/α,β-unsaturated/α-hetero) is 2. The quantitative estimate of drug-likeness (QED) is 0.596. The van der Waals surface area contributed by atoms with Crippen LogP contribution in [0.15, 0.2) is 0 Å². The highest BCUT2D eigenvalue weighted by atomic mass is 16.4. The lowest BCUT2D eigenvalue weighted by Crippen LogP contribution is -2.25. The number of rotatable bonds is 11. The SMILES string of the molecule is CCCNC(=O)CCC(=O)C[C@@H](CCC(C)=O)C(=O)O. The fourth-order valence-corrected chi connectivity index (χ4v) is 1.67. The summed E-state index contributed by atoms with van der Waals surface area (Å²) in [7, 11) is 0. The molecule has 1 atom stereocenters. The number of aliphatic carboxylic acids is 1. The minimum absolute atomic E-state index is 0.0411. The van der Waals surface area contributed by atoms with Crippen molar-refractivity contribution in [3.05, 3.63) is 0 Å². The van der Waals surface area contributed by atoms with Gasteiger partial charge in [0.2, 0.25) is 5.91 Å². The first kappa shape index (κ1) is 18.3. The predicted molar refractivity (Wildman–Crippen MR) is 73.2 cm³/mol. The second-order valence-corrected chi connectivity index (χ2v) is 4.87. The maximum atomic E-state index is 11.7. The maximum Gasteiger partial charge on any atom is 0.306 e. The molecular formula is C14H23NO5. The van der Waals surface area contributed by atoms with Gasteiger partial charge in [-0.3, -0.25) is 14.4 Å². The molecule has 0 unspecified atom stereocenters. The van der Waals surface area contributed by atoms with Crippen LogP contribution in [0.4, 0.5) is 0 Å². The van der Waals surface area contributed by atoms with Crippen LogP contribution in [0.5, 0.6) is 0 Å². The third-order valence-electron chi connectivity index (χ3n) is 2.87. The number of ketones is 2. The summed E-state index contributed by atoms with van der Waals surface area (Å²) in [4.78, 5) is 44.8. The Bertz CT molecular complexity index is 365. The fourth-order valence-electron chi connectivity index (χ4n) is 1.67. The van der Waals surface area contributed by atoms with Gasteiger partial charge in [-0.15, -0.1) is 0 Å². The van der Waals surface area contributed by atoms with E-state index >= 15 is 0 Å². The molecule has 114 valence electrons. The van der Waals surface area contributed by atoms with Gasteiger partial charge in [0, 0.05) is 32.2 Å². The van der Waals surface area contributed by atoms with E-state index in [4.69, 9.17) is 5.11 Å². The molecule has 6 heteroatoms. The van der Waals surface area contributed by atoms with Gasteiger partial charge in [0.05, 0.1) is 5.92 Å². The summed E-state index contributed by atoms with van der Waals surface area (Å²) in [6.45, 7) is 3.89. The molecule has 0 spiro atoms. The Balaban J connectivity index is 4.10. The third-order valence-corrected chi connectivity index (χ3v) is 2.87. The molecule has 0 aliphatic rings. The number of carbonyl (C=O) groups excluding carboxylic acids is 3. The second kappa shape index (κ2) is 10.1. The fraction of sp³-hybridized carbons (Fsp3) is 0.714. The molecule has 0 aromatic rings. The van der Waals surface area contributed by atoms with Crippen LogP contribution in [0, 0.1) is 5.92 Å². The molecule has 0 aromatic carbocycles. The highest BCUT2D eigenvalue weighted by Crippen LogP contribution is 2.14. The van der Waals surface area contributed by atoms with Crippen molar-refractivity contribution in [2.75, 3.05) is 6.54 Å². The molecule has 0 aliphatic heterocycles. The van der Waals surface area contributed by atoms with E-state index in [2.05, 4.69) is 5.32 Å². The molecule has 20 heavy (non-hydrogen) atoms. The van der Waals surface area contributed by atoms with Gasteiger partial charge in [0.25, 0.3) is 0 Å². The van der Waals surface area contributed by atoms with Crippen LogP contribution in [-0.2, 0) is 19.2 Å². The van der Waals surface area contributed by atoms with Gasteiger partial charge >= 0.3 is 5.97 Å². The van der Waals surface area contributed by atoms with Crippen LogP contribution < -0.4 is 5.32 Å². The largest absolute Gasteiger partial charge is 0.481 e. The van der Waals surface area contributed by atoms with E-state index in [1.165, 1.54) is 6.92 Å². The first-order valence-corrected chi connectivity index (χ1v) is 6.87. The van der Waals surface area contributed by atoms with E-state index < -0.39 is 11.9 Å². The van der Waals surface area contributed by atoms with Crippen LogP contribution in [0.3, 0.4) is 0 Å². The molecular weight excluding hydrogens is 262 g/mol. The van der Waals surface area contributed by atoms with Crippen LogP contribution in [0.1, 0.15) is 52.4 Å². The number of amides is 1. The highest BCUT2D eigenvalue weighted by molar-refractivity contribution is 5.87. The Morgan fingerprint density at radius 1 is 1.10 bits per heavy atom. The smallest absolute Gasteiger partial charge is 0.306 e.